The molecule has 148 valence electrons. The van der Waals surface area contributed by atoms with Crippen molar-refractivity contribution in [1.29, 1.82) is 0 Å². The van der Waals surface area contributed by atoms with Gasteiger partial charge < -0.3 is 10.2 Å². The molecule has 27 heavy (non-hydrogen) atoms. The third-order valence-electron chi connectivity index (χ3n) is 5.69. The SMILES string of the molecule is CC(C)=CCN1C[C@H]2CC[C@@H]1CN(CCC(=O)NCc1ccc(F)cc1)C2. The quantitative estimate of drug-likeness (QED) is 0.746. The van der Waals surface area contributed by atoms with Gasteiger partial charge in [0.2, 0.25) is 5.91 Å². The molecule has 0 aliphatic carbocycles. The maximum absolute atomic E-state index is 12.9. The molecule has 2 atom stereocenters. The summed E-state index contributed by atoms with van der Waals surface area (Å²) in [5, 5.41) is 2.95. The highest BCUT2D eigenvalue weighted by Crippen LogP contribution is 2.28. The van der Waals surface area contributed by atoms with Crippen molar-refractivity contribution >= 4 is 5.91 Å². The van der Waals surface area contributed by atoms with Gasteiger partial charge in [0.25, 0.3) is 0 Å². The first kappa shape index (κ1) is 20.0. The van der Waals surface area contributed by atoms with Crippen LogP contribution in [0.2, 0.25) is 0 Å². The number of allylic oxidation sites excluding steroid dienone is 1. The van der Waals surface area contributed by atoms with Crippen molar-refractivity contribution in [1.82, 2.24) is 15.1 Å². The first-order valence-corrected chi connectivity index (χ1v) is 10.1. The maximum Gasteiger partial charge on any atom is 0.221 e. The summed E-state index contributed by atoms with van der Waals surface area (Å²) >= 11 is 0. The number of nitrogens with one attached hydrogen (secondary N) is 1. The van der Waals surface area contributed by atoms with Crippen molar-refractivity contribution in [3.63, 3.8) is 0 Å². The van der Waals surface area contributed by atoms with Crippen LogP contribution >= 0.6 is 0 Å². The molecule has 3 heterocycles. The molecular weight excluding hydrogens is 341 g/mol. The van der Waals surface area contributed by atoms with Gasteiger partial charge in [0, 0.05) is 51.7 Å². The van der Waals surface area contributed by atoms with E-state index in [9.17, 15) is 9.18 Å². The van der Waals surface area contributed by atoms with E-state index in [4.69, 9.17) is 0 Å². The molecular formula is C22H32FN3O. The molecule has 1 aromatic carbocycles. The average molecular weight is 374 g/mol. The number of hydrogen-bond acceptors (Lipinski definition) is 3. The minimum atomic E-state index is -0.250. The Bertz CT molecular complexity index is 654. The molecule has 5 heteroatoms. The molecule has 1 aromatic rings. The molecule has 1 amide bonds. The normalized spacial score (nSPS) is 23.1. The molecule has 0 radical (unpaired) electrons. The third kappa shape index (κ3) is 6.15. The minimum absolute atomic E-state index is 0.0670. The summed E-state index contributed by atoms with van der Waals surface area (Å²) in [5.74, 6) is 0.536. The fourth-order valence-electron chi connectivity index (χ4n) is 4.13. The molecule has 3 aliphatic rings. The lowest BCUT2D eigenvalue weighted by Crippen LogP contribution is -2.44. The lowest BCUT2D eigenvalue weighted by molar-refractivity contribution is -0.121. The van der Waals surface area contributed by atoms with Gasteiger partial charge in [-0.2, -0.15) is 0 Å². The predicted molar refractivity (Wildman–Crippen MR) is 107 cm³/mol. The monoisotopic (exact) mass is 373 g/mol. The van der Waals surface area contributed by atoms with Gasteiger partial charge in [-0.05, 0) is 50.3 Å². The van der Waals surface area contributed by atoms with Crippen molar-refractivity contribution in [3.05, 3.63) is 47.3 Å². The molecule has 0 spiro atoms. The number of fused-ring (bicyclic) bond motifs is 4. The van der Waals surface area contributed by atoms with Gasteiger partial charge >= 0.3 is 0 Å². The summed E-state index contributed by atoms with van der Waals surface area (Å²) in [6.45, 7) is 10.0. The summed E-state index contributed by atoms with van der Waals surface area (Å²) in [5.41, 5.74) is 2.30. The molecule has 1 N–H and O–H groups in total. The van der Waals surface area contributed by atoms with Crippen molar-refractivity contribution < 1.29 is 9.18 Å². The maximum atomic E-state index is 12.9. The first-order valence-electron chi connectivity index (χ1n) is 10.1. The zero-order chi connectivity index (χ0) is 19.2. The molecule has 0 saturated carbocycles. The number of carbonyl (C=O) groups excluding carboxylic acids is 1. The zero-order valence-corrected chi connectivity index (χ0v) is 16.6. The highest BCUT2D eigenvalue weighted by atomic mass is 19.1. The van der Waals surface area contributed by atoms with Crippen molar-refractivity contribution in [2.75, 3.05) is 32.7 Å². The van der Waals surface area contributed by atoms with Gasteiger partial charge in [0.1, 0.15) is 5.82 Å². The van der Waals surface area contributed by atoms with E-state index in [0.717, 1.165) is 37.7 Å². The van der Waals surface area contributed by atoms with E-state index >= 15 is 0 Å². The van der Waals surface area contributed by atoms with E-state index in [1.54, 1.807) is 12.1 Å². The lowest BCUT2D eigenvalue weighted by Gasteiger charge is -2.35. The fraction of sp³-hybridized carbons (Fsp3) is 0.591. The van der Waals surface area contributed by atoms with Crippen LogP contribution in [0.25, 0.3) is 0 Å². The Morgan fingerprint density at radius 3 is 2.70 bits per heavy atom. The summed E-state index contributed by atoms with van der Waals surface area (Å²) in [7, 11) is 0. The van der Waals surface area contributed by atoms with Gasteiger partial charge in [-0.15, -0.1) is 0 Å². The van der Waals surface area contributed by atoms with Gasteiger partial charge in [0.15, 0.2) is 0 Å². The molecule has 4 rings (SSSR count). The number of nitrogens with zero attached hydrogens (tertiary/aromatic N) is 2. The van der Waals surface area contributed by atoms with E-state index in [1.807, 2.05) is 0 Å². The predicted octanol–water partition coefficient (Wildman–Crippen LogP) is 3.19. The van der Waals surface area contributed by atoms with Gasteiger partial charge in [-0.3, -0.25) is 9.69 Å². The second-order valence-electron chi connectivity index (χ2n) is 8.25. The minimum Gasteiger partial charge on any atom is -0.352 e. The van der Waals surface area contributed by atoms with Gasteiger partial charge in [-0.1, -0.05) is 23.8 Å². The van der Waals surface area contributed by atoms with Crippen LogP contribution in [0.15, 0.2) is 35.9 Å². The first-order chi connectivity index (χ1) is 13.0. The number of carbonyl (C=O) groups is 1. The molecule has 4 nitrogen and oxygen atoms in total. The number of rotatable bonds is 7. The molecule has 0 unspecified atom stereocenters. The van der Waals surface area contributed by atoms with Crippen molar-refractivity contribution in [2.24, 2.45) is 5.92 Å². The van der Waals surface area contributed by atoms with E-state index in [-0.39, 0.29) is 11.7 Å². The fourth-order valence-corrected chi connectivity index (χ4v) is 4.13. The van der Waals surface area contributed by atoms with Crippen LogP contribution in [0.3, 0.4) is 0 Å². The van der Waals surface area contributed by atoms with Crippen molar-refractivity contribution in [3.8, 4) is 0 Å². The van der Waals surface area contributed by atoms with E-state index < -0.39 is 0 Å². The molecule has 2 bridgehead atoms. The average Bonchev–Trinajstić information content (AvgIpc) is 2.95. The highest BCUT2D eigenvalue weighted by Gasteiger charge is 2.34. The van der Waals surface area contributed by atoms with E-state index in [2.05, 4.69) is 35.0 Å². The second-order valence-corrected chi connectivity index (χ2v) is 8.25. The van der Waals surface area contributed by atoms with Gasteiger partial charge in [-0.25, -0.2) is 4.39 Å². The summed E-state index contributed by atoms with van der Waals surface area (Å²) in [6.07, 6.45) is 5.43. The highest BCUT2D eigenvalue weighted by molar-refractivity contribution is 5.76. The van der Waals surface area contributed by atoms with Crippen LogP contribution in [0, 0.1) is 11.7 Å². The Kier molecular flexibility index (Phi) is 7.02. The molecule has 0 aromatic heterocycles. The van der Waals surface area contributed by atoms with Crippen LogP contribution < -0.4 is 5.32 Å². The molecule has 3 saturated heterocycles. The Balaban J connectivity index is 1.43. The van der Waals surface area contributed by atoms with Crippen molar-refractivity contribution in [2.45, 2.75) is 45.7 Å². The van der Waals surface area contributed by atoms with Crippen LogP contribution in [0.1, 0.15) is 38.7 Å². The summed E-state index contributed by atoms with van der Waals surface area (Å²) in [6, 6.07) is 6.89. The number of piperidine rings is 1. The van der Waals surface area contributed by atoms with E-state index in [0.29, 0.717) is 19.0 Å². The topological polar surface area (TPSA) is 35.6 Å². The Morgan fingerprint density at radius 2 is 1.96 bits per heavy atom. The zero-order valence-electron chi connectivity index (χ0n) is 16.6. The largest absolute Gasteiger partial charge is 0.352 e. The second kappa shape index (κ2) is 9.47. The lowest BCUT2D eigenvalue weighted by atomic mass is 9.95. The Labute approximate surface area is 162 Å². The van der Waals surface area contributed by atoms with Crippen LogP contribution in [0.5, 0.6) is 0 Å². The molecule has 3 aliphatic heterocycles. The summed E-state index contributed by atoms with van der Waals surface area (Å²) < 4.78 is 12.9. The summed E-state index contributed by atoms with van der Waals surface area (Å²) in [4.78, 5) is 17.3. The number of halogens is 1. The number of amides is 1. The Hall–Kier alpha value is -1.72. The molecule has 3 fully saturated rings. The smallest absolute Gasteiger partial charge is 0.221 e. The van der Waals surface area contributed by atoms with Crippen LogP contribution in [-0.4, -0.2) is 54.5 Å². The van der Waals surface area contributed by atoms with Crippen LogP contribution in [0.4, 0.5) is 4.39 Å². The van der Waals surface area contributed by atoms with E-state index in [1.165, 1.54) is 37.1 Å². The number of hydrogen-bond donors (Lipinski definition) is 1. The number of benzene rings is 1. The van der Waals surface area contributed by atoms with Gasteiger partial charge in [0.05, 0.1) is 0 Å². The van der Waals surface area contributed by atoms with Crippen LogP contribution in [-0.2, 0) is 11.3 Å². The standard InChI is InChI=1S/C22H32FN3O/c1-17(2)9-12-26-15-19-5-8-21(26)16-25(14-19)11-10-22(27)24-13-18-3-6-20(23)7-4-18/h3-4,6-7,9,19,21H,5,8,10-16H2,1-2H3,(H,24,27)/t19-,21+/m0/s1. The Morgan fingerprint density at radius 1 is 1.19 bits per heavy atom. The third-order valence-corrected chi connectivity index (χ3v) is 5.69.